The molecule has 5 aliphatic carbocycles. The normalized spacial score (nSPS) is 54.0. The molecular formula is C32H52O2. The molecule has 0 N–H and O–H groups in total. The molecule has 34 heavy (non-hydrogen) atoms. The summed E-state index contributed by atoms with van der Waals surface area (Å²) in [6.45, 7) is 22.1. The molecule has 0 heterocycles. The van der Waals surface area contributed by atoms with Crippen molar-refractivity contribution in [3.05, 3.63) is 11.6 Å². The average molecular weight is 469 g/mol. The fraction of sp³-hybridized carbons (Fsp3) is 0.906. The molecule has 5 aliphatic rings. The number of ether oxygens (including phenoxy) is 1. The number of hydrogen-bond donors (Lipinski definition) is 0. The molecule has 0 aliphatic heterocycles. The summed E-state index contributed by atoms with van der Waals surface area (Å²) in [4.78, 5) is 11.9. The Morgan fingerprint density at radius 1 is 0.882 bits per heavy atom. The standard InChI is InChI=1S/C32H52O2/c1-20-12-15-29(6)18-19-31(8)23(27(29)21(20)2)10-11-25-30(7)16-14-26(34-22(3)33)28(4,5)24(30)13-17-32(25,31)9/h10,20-21,24-27H,11-19H2,1-9H3/t20-,21-,24-,25-,26-,27+,29+,30-,31-,32-/m1/s1. The van der Waals surface area contributed by atoms with Crippen LogP contribution in [0.25, 0.3) is 0 Å². The van der Waals surface area contributed by atoms with Crippen molar-refractivity contribution in [3.8, 4) is 0 Å². The van der Waals surface area contributed by atoms with E-state index in [4.69, 9.17) is 4.74 Å². The molecule has 4 fully saturated rings. The van der Waals surface area contributed by atoms with E-state index in [2.05, 4.69) is 61.5 Å². The van der Waals surface area contributed by atoms with E-state index in [-0.39, 0.29) is 17.5 Å². The van der Waals surface area contributed by atoms with Crippen molar-refractivity contribution in [1.82, 2.24) is 0 Å². The van der Waals surface area contributed by atoms with Gasteiger partial charge in [-0.05, 0) is 109 Å². The van der Waals surface area contributed by atoms with E-state index in [1.807, 2.05) is 5.57 Å². The van der Waals surface area contributed by atoms with Gasteiger partial charge in [-0.2, -0.15) is 0 Å². The quantitative estimate of drug-likeness (QED) is 0.284. The van der Waals surface area contributed by atoms with Crippen LogP contribution in [0, 0.1) is 56.7 Å². The van der Waals surface area contributed by atoms with Gasteiger partial charge in [0, 0.05) is 12.3 Å². The minimum Gasteiger partial charge on any atom is -0.462 e. The summed E-state index contributed by atoms with van der Waals surface area (Å²) in [7, 11) is 0. The van der Waals surface area contributed by atoms with Gasteiger partial charge in [0.1, 0.15) is 6.10 Å². The maximum Gasteiger partial charge on any atom is 0.302 e. The van der Waals surface area contributed by atoms with E-state index in [0.29, 0.717) is 27.6 Å². The van der Waals surface area contributed by atoms with E-state index in [9.17, 15) is 4.79 Å². The first kappa shape index (κ1) is 24.9. The van der Waals surface area contributed by atoms with Crippen molar-refractivity contribution in [3.63, 3.8) is 0 Å². The zero-order valence-corrected chi connectivity index (χ0v) is 23.7. The Hall–Kier alpha value is -0.790. The minimum atomic E-state index is -0.110. The van der Waals surface area contributed by atoms with Crippen LogP contribution in [0.4, 0.5) is 0 Å². The number of fused-ring (bicyclic) bond motifs is 7. The second kappa shape index (κ2) is 7.61. The molecule has 0 radical (unpaired) electrons. The molecular weight excluding hydrogens is 416 g/mol. The molecule has 0 bridgehead atoms. The van der Waals surface area contributed by atoms with Crippen molar-refractivity contribution in [2.75, 3.05) is 0 Å². The van der Waals surface area contributed by atoms with Gasteiger partial charge in [-0.25, -0.2) is 0 Å². The Morgan fingerprint density at radius 2 is 1.59 bits per heavy atom. The molecule has 10 atom stereocenters. The predicted molar refractivity (Wildman–Crippen MR) is 140 cm³/mol. The van der Waals surface area contributed by atoms with Crippen LogP contribution in [0.3, 0.4) is 0 Å². The minimum absolute atomic E-state index is 0.0450. The first-order valence-corrected chi connectivity index (χ1v) is 14.6. The van der Waals surface area contributed by atoms with E-state index >= 15 is 0 Å². The van der Waals surface area contributed by atoms with Crippen LogP contribution in [-0.2, 0) is 9.53 Å². The molecule has 0 aromatic rings. The third-order valence-electron chi connectivity index (χ3n) is 13.6. The highest BCUT2D eigenvalue weighted by molar-refractivity contribution is 5.66. The van der Waals surface area contributed by atoms with Gasteiger partial charge in [-0.15, -0.1) is 0 Å². The fourth-order valence-corrected chi connectivity index (χ4v) is 11.2. The van der Waals surface area contributed by atoms with Gasteiger partial charge in [-0.3, -0.25) is 4.79 Å². The van der Waals surface area contributed by atoms with E-state index in [1.54, 1.807) is 6.92 Å². The zero-order valence-electron chi connectivity index (χ0n) is 23.7. The lowest BCUT2D eigenvalue weighted by Crippen LogP contribution is -2.65. The van der Waals surface area contributed by atoms with Crippen molar-refractivity contribution in [2.24, 2.45) is 56.7 Å². The van der Waals surface area contributed by atoms with Gasteiger partial charge in [0.15, 0.2) is 0 Å². The smallest absolute Gasteiger partial charge is 0.302 e. The second-order valence-electron chi connectivity index (χ2n) is 15.3. The number of carbonyl (C=O) groups is 1. The van der Waals surface area contributed by atoms with Crippen molar-refractivity contribution < 1.29 is 9.53 Å². The topological polar surface area (TPSA) is 26.3 Å². The number of hydrogen-bond acceptors (Lipinski definition) is 2. The summed E-state index contributed by atoms with van der Waals surface area (Å²) >= 11 is 0. The molecule has 192 valence electrons. The summed E-state index contributed by atoms with van der Waals surface area (Å²) in [5.41, 5.74) is 3.44. The lowest BCUT2D eigenvalue weighted by molar-refractivity contribution is -0.212. The summed E-state index contributed by atoms with van der Waals surface area (Å²) in [6, 6.07) is 0. The molecule has 2 heteroatoms. The van der Waals surface area contributed by atoms with Gasteiger partial charge in [0.05, 0.1) is 0 Å². The van der Waals surface area contributed by atoms with Gasteiger partial charge < -0.3 is 4.74 Å². The third kappa shape index (κ3) is 3.08. The van der Waals surface area contributed by atoms with Gasteiger partial charge >= 0.3 is 5.97 Å². The highest BCUT2D eigenvalue weighted by Crippen LogP contribution is 2.75. The molecule has 4 saturated carbocycles. The first-order valence-electron chi connectivity index (χ1n) is 14.6. The van der Waals surface area contributed by atoms with E-state index in [1.165, 1.54) is 51.4 Å². The maximum atomic E-state index is 11.9. The average Bonchev–Trinajstić information content (AvgIpc) is 2.74. The molecule has 0 aromatic carbocycles. The third-order valence-corrected chi connectivity index (χ3v) is 13.6. The van der Waals surface area contributed by atoms with Gasteiger partial charge in [0.25, 0.3) is 0 Å². The van der Waals surface area contributed by atoms with Crippen LogP contribution < -0.4 is 0 Å². The molecule has 0 spiro atoms. The highest BCUT2D eigenvalue weighted by Gasteiger charge is 2.68. The summed E-state index contributed by atoms with van der Waals surface area (Å²) < 4.78 is 5.91. The number of allylic oxidation sites excluding steroid dienone is 2. The second-order valence-corrected chi connectivity index (χ2v) is 15.3. The lowest BCUT2D eigenvalue weighted by atomic mass is 9.33. The Balaban J connectivity index is 1.54. The lowest BCUT2D eigenvalue weighted by Gasteiger charge is -2.71. The molecule has 5 rings (SSSR count). The summed E-state index contributed by atoms with van der Waals surface area (Å²) in [5.74, 6) is 3.66. The van der Waals surface area contributed by atoms with Crippen molar-refractivity contribution >= 4 is 5.97 Å². The van der Waals surface area contributed by atoms with Crippen LogP contribution >= 0.6 is 0 Å². The van der Waals surface area contributed by atoms with Crippen LogP contribution in [0.15, 0.2) is 11.6 Å². The Labute approximate surface area is 210 Å². The number of carbonyl (C=O) groups excluding carboxylic acids is 1. The van der Waals surface area contributed by atoms with Crippen molar-refractivity contribution in [2.45, 2.75) is 126 Å². The van der Waals surface area contributed by atoms with Crippen molar-refractivity contribution in [1.29, 1.82) is 0 Å². The Morgan fingerprint density at radius 3 is 2.26 bits per heavy atom. The van der Waals surface area contributed by atoms with Gasteiger partial charge in [0.2, 0.25) is 0 Å². The number of rotatable bonds is 1. The summed E-state index contributed by atoms with van der Waals surface area (Å²) in [6.07, 6.45) is 14.6. The summed E-state index contributed by atoms with van der Waals surface area (Å²) in [5, 5.41) is 0. The maximum absolute atomic E-state index is 11.9. The molecule has 0 saturated heterocycles. The zero-order chi connectivity index (χ0) is 24.9. The molecule has 2 nitrogen and oxygen atoms in total. The SMILES string of the molecule is CC(=O)O[C@@H]1CC[C@]2(C)[C@H](CC[C@]3(C)[C@@H]2CC=C2[C@@H]4[C@H](C)[C@H](C)CC[C@@]4(C)CC[C@]23C)C1(C)C. The molecule has 0 unspecified atom stereocenters. The fourth-order valence-electron chi connectivity index (χ4n) is 11.2. The number of esters is 1. The predicted octanol–water partition coefficient (Wildman–Crippen LogP) is 8.60. The monoisotopic (exact) mass is 468 g/mol. The van der Waals surface area contributed by atoms with Crippen LogP contribution in [0.2, 0.25) is 0 Å². The Bertz CT molecular complexity index is 885. The molecule has 0 amide bonds. The van der Waals surface area contributed by atoms with E-state index in [0.717, 1.165) is 30.1 Å². The van der Waals surface area contributed by atoms with Crippen LogP contribution in [-0.4, -0.2) is 12.1 Å². The van der Waals surface area contributed by atoms with Crippen LogP contribution in [0.1, 0.15) is 120 Å². The van der Waals surface area contributed by atoms with E-state index < -0.39 is 0 Å². The molecule has 0 aromatic heterocycles. The highest BCUT2D eigenvalue weighted by atomic mass is 16.5. The Kier molecular flexibility index (Phi) is 5.57. The first-order chi connectivity index (χ1) is 15.7. The van der Waals surface area contributed by atoms with Gasteiger partial charge in [-0.1, -0.05) is 67.0 Å². The largest absolute Gasteiger partial charge is 0.462 e. The van der Waals surface area contributed by atoms with Crippen LogP contribution in [0.5, 0.6) is 0 Å².